The lowest BCUT2D eigenvalue weighted by Gasteiger charge is -2.34. The zero-order valence-corrected chi connectivity index (χ0v) is 16.1. The standard InChI is InChI=1S/C17H33N3O3S/c1-14(2)19-9-5-15(6-10-19)4-8-18-17(21)12-16-7-11-20(13-16)24(3,22)23/h14-16H,4-13H2,1-3H3,(H,18,21). The summed E-state index contributed by atoms with van der Waals surface area (Å²) in [6.45, 7) is 8.60. The molecule has 2 saturated heterocycles. The number of nitrogens with one attached hydrogen (secondary N) is 1. The molecule has 0 bridgehead atoms. The number of amides is 1. The van der Waals surface area contributed by atoms with Gasteiger partial charge in [0.1, 0.15) is 0 Å². The van der Waals surface area contributed by atoms with E-state index in [0.717, 1.165) is 19.4 Å². The van der Waals surface area contributed by atoms with Crippen LogP contribution in [0.4, 0.5) is 0 Å². The van der Waals surface area contributed by atoms with Crippen LogP contribution in [-0.2, 0) is 14.8 Å². The third kappa shape index (κ3) is 6.01. The molecule has 0 aliphatic carbocycles. The number of hydrogen-bond donors (Lipinski definition) is 1. The fraction of sp³-hybridized carbons (Fsp3) is 0.941. The van der Waals surface area contributed by atoms with Gasteiger partial charge < -0.3 is 10.2 Å². The van der Waals surface area contributed by atoms with E-state index in [2.05, 4.69) is 24.1 Å². The monoisotopic (exact) mass is 359 g/mol. The quantitative estimate of drug-likeness (QED) is 0.743. The van der Waals surface area contributed by atoms with Gasteiger partial charge in [-0.2, -0.15) is 0 Å². The molecule has 6 nitrogen and oxygen atoms in total. The molecule has 0 aromatic carbocycles. The largest absolute Gasteiger partial charge is 0.356 e. The van der Waals surface area contributed by atoms with Crippen LogP contribution in [0.2, 0.25) is 0 Å². The lowest BCUT2D eigenvalue weighted by molar-refractivity contribution is -0.121. The molecule has 1 amide bonds. The van der Waals surface area contributed by atoms with E-state index in [4.69, 9.17) is 0 Å². The number of carbonyl (C=O) groups excluding carboxylic acids is 1. The highest BCUT2D eigenvalue weighted by Crippen LogP contribution is 2.23. The molecular weight excluding hydrogens is 326 g/mol. The fourth-order valence-electron chi connectivity index (χ4n) is 3.77. The molecule has 1 N–H and O–H groups in total. The van der Waals surface area contributed by atoms with Crippen molar-refractivity contribution in [3.8, 4) is 0 Å². The number of sulfonamides is 1. The summed E-state index contributed by atoms with van der Waals surface area (Å²) in [6, 6.07) is 0.628. The highest BCUT2D eigenvalue weighted by Gasteiger charge is 2.29. The van der Waals surface area contributed by atoms with Crippen molar-refractivity contribution >= 4 is 15.9 Å². The maximum absolute atomic E-state index is 12.1. The van der Waals surface area contributed by atoms with Crippen molar-refractivity contribution < 1.29 is 13.2 Å². The Balaban J connectivity index is 1.59. The molecule has 7 heteroatoms. The van der Waals surface area contributed by atoms with Gasteiger partial charge in [0.25, 0.3) is 0 Å². The molecule has 0 radical (unpaired) electrons. The van der Waals surface area contributed by atoms with Gasteiger partial charge in [-0.3, -0.25) is 4.79 Å². The number of likely N-dealkylation sites (tertiary alicyclic amines) is 1. The van der Waals surface area contributed by atoms with E-state index in [1.807, 2.05) is 0 Å². The van der Waals surface area contributed by atoms with E-state index < -0.39 is 10.0 Å². The van der Waals surface area contributed by atoms with Crippen LogP contribution in [0.25, 0.3) is 0 Å². The van der Waals surface area contributed by atoms with Crippen molar-refractivity contribution in [2.45, 2.75) is 52.0 Å². The molecule has 2 aliphatic heterocycles. The number of piperidine rings is 1. The van der Waals surface area contributed by atoms with Crippen LogP contribution in [0.1, 0.15) is 46.0 Å². The first-order valence-electron chi connectivity index (χ1n) is 9.21. The molecule has 1 atom stereocenters. The second-order valence-electron chi connectivity index (χ2n) is 7.69. The maximum atomic E-state index is 12.1. The van der Waals surface area contributed by atoms with E-state index in [9.17, 15) is 13.2 Å². The summed E-state index contributed by atoms with van der Waals surface area (Å²) in [4.78, 5) is 14.6. The topological polar surface area (TPSA) is 69.7 Å². The van der Waals surface area contributed by atoms with E-state index in [1.165, 1.54) is 36.5 Å². The Hall–Kier alpha value is -0.660. The third-order valence-electron chi connectivity index (χ3n) is 5.45. The Morgan fingerprint density at radius 2 is 1.75 bits per heavy atom. The van der Waals surface area contributed by atoms with Crippen LogP contribution >= 0.6 is 0 Å². The summed E-state index contributed by atoms with van der Waals surface area (Å²) in [5.74, 6) is 0.941. The smallest absolute Gasteiger partial charge is 0.220 e. The number of nitrogens with zero attached hydrogens (tertiary/aromatic N) is 2. The molecule has 2 fully saturated rings. The normalized spacial score (nSPS) is 24.6. The summed E-state index contributed by atoms with van der Waals surface area (Å²) in [5.41, 5.74) is 0. The minimum atomic E-state index is -3.12. The van der Waals surface area contributed by atoms with E-state index in [-0.39, 0.29) is 11.8 Å². The van der Waals surface area contributed by atoms with Crippen LogP contribution in [0.5, 0.6) is 0 Å². The molecule has 2 rings (SSSR count). The lowest BCUT2D eigenvalue weighted by atomic mass is 9.93. The average molecular weight is 360 g/mol. The molecular formula is C17H33N3O3S. The number of rotatable bonds is 7. The summed E-state index contributed by atoms with van der Waals surface area (Å²) in [7, 11) is -3.12. The minimum absolute atomic E-state index is 0.0648. The number of carbonyl (C=O) groups is 1. The molecule has 2 aliphatic rings. The van der Waals surface area contributed by atoms with Gasteiger partial charge in [-0.1, -0.05) is 0 Å². The highest BCUT2D eigenvalue weighted by atomic mass is 32.2. The fourth-order valence-corrected chi connectivity index (χ4v) is 4.69. The Labute approximate surface area is 147 Å². The second kappa shape index (κ2) is 8.63. The summed E-state index contributed by atoms with van der Waals surface area (Å²) in [5, 5.41) is 3.02. The van der Waals surface area contributed by atoms with Gasteiger partial charge >= 0.3 is 0 Å². The van der Waals surface area contributed by atoms with Crippen LogP contribution in [-0.4, -0.2) is 68.6 Å². The molecule has 0 aromatic rings. The van der Waals surface area contributed by atoms with Gasteiger partial charge in [0, 0.05) is 32.1 Å². The van der Waals surface area contributed by atoms with E-state index >= 15 is 0 Å². The van der Waals surface area contributed by atoms with Crippen molar-refractivity contribution in [1.29, 1.82) is 0 Å². The first-order valence-corrected chi connectivity index (χ1v) is 11.1. The van der Waals surface area contributed by atoms with Crippen LogP contribution in [0.15, 0.2) is 0 Å². The van der Waals surface area contributed by atoms with Gasteiger partial charge in [-0.25, -0.2) is 12.7 Å². The van der Waals surface area contributed by atoms with Crippen molar-refractivity contribution in [3.05, 3.63) is 0 Å². The first kappa shape index (κ1) is 19.7. The highest BCUT2D eigenvalue weighted by molar-refractivity contribution is 7.88. The van der Waals surface area contributed by atoms with E-state index in [0.29, 0.717) is 31.5 Å². The molecule has 140 valence electrons. The molecule has 24 heavy (non-hydrogen) atoms. The van der Waals surface area contributed by atoms with Gasteiger partial charge in [0.2, 0.25) is 15.9 Å². The lowest BCUT2D eigenvalue weighted by Crippen LogP contribution is -2.39. The molecule has 1 unspecified atom stereocenters. The van der Waals surface area contributed by atoms with Crippen LogP contribution in [0, 0.1) is 11.8 Å². The Bertz CT molecular complexity index is 513. The summed E-state index contributed by atoms with van der Waals surface area (Å²) in [6.07, 6.45) is 5.96. The zero-order chi connectivity index (χ0) is 17.7. The van der Waals surface area contributed by atoms with Crippen molar-refractivity contribution in [1.82, 2.24) is 14.5 Å². The average Bonchev–Trinajstić information content (AvgIpc) is 2.96. The Morgan fingerprint density at radius 3 is 2.29 bits per heavy atom. The predicted molar refractivity (Wildman–Crippen MR) is 96.2 cm³/mol. The molecule has 0 spiro atoms. The SMILES string of the molecule is CC(C)N1CCC(CCNC(=O)CC2CCN(S(C)(=O)=O)C2)CC1. The molecule has 2 heterocycles. The molecule has 0 saturated carbocycles. The Kier molecular flexibility index (Phi) is 7.07. The van der Waals surface area contributed by atoms with Gasteiger partial charge in [-0.15, -0.1) is 0 Å². The van der Waals surface area contributed by atoms with Crippen LogP contribution < -0.4 is 5.32 Å². The van der Waals surface area contributed by atoms with Gasteiger partial charge in [0.05, 0.1) is 6.26 Å². The predicted octanol–water partition coefficient (Wildman–Crippen LogP) is 1.28. The van der Waals surface area contributed by atoms with Crippen LogP contribution in [0.3, 0.4) is 0 Å². The number of hydrogen-bond acceptors (Lipinski definition) is 4. The van der Waals surface area contributed by atoms with Gasteiger partial charge in [-0.05, 0) is 64.5 Å². The van der Waals surface area contributed by atoms with Gasteiger partial charge in [0.15, 0.2) is 0 Å². The van der Waals surface area contributed by atoms with Crippen molar-refractivity contribution in [3.63, 3.8) is 0 Å². The first-order chi connectivity index (χ1) is 11.3. The Morgan fingerprint density at radius 1 is 1.12 bits per heavy atom. The second-order valence-corrected chi connectivity index (χ2v) is 9.67. The summed E-state index contributed by atoms with van der Waals surface area (Å²) >= 11 is 0. The zero-order valence-electron chi connectivity index (χ0n) is 15.3. The van der Waals surface area contributed by atoms with Crippen molar-refractivity contribution in [2.24, 2.45) is 11.8 Å². The van der Waals surface area contributed by atoms with E-state index in [1.54, 1.807) is 0 Å². The minimum Gasteiger partial charge on any atom is -0.356 e. The maximum Gasteiger partial charge on any atom is 0.220 e. The van der Waals surface area contributed by atoms with Crippen molar-refractivity contribution in [2.75, 3.05) is 39.0 Å². The summed E-state index contributed by atoms with van der Waals surface area (Å²) < 4.78 is 24.5. The molecule has 0 aromatic heterocycles. The third-order valence-corrected chi connectivity index (χ3v) is 6.72.